The van der Waals surface area contributed by atoms with Crippen molar-refractivity contribution in [2.45, 2.75) is 38.5 Å². The summed E-state index contributed by atoms with van der Waals surface area (Å²) in [6.45, 7) is 4.42. The maximum absolute atomic E-state index is 5.68. The number of hydrogen-bond donors (Lipinski definition) is 0. The van der Waals surface area contributed by atoms with Crippen LogP contribution >= 0.6 is 0 Å². The molecule has 0 aliphatic carbocycles. The lowest BCUT2D eigenvalue weighted by Crippen LogP contribution is -2.44. The minimum atomic E-state index is 0.400. The van der Waals surface area contributed by atoms with Crippen LogP contribution < -0.4 is 28.4 Å². The molecule has 6 rings (SSSR count). The van der Waals surface area contributed by atoms with Gasteiger partial charge in [0.1, 0.15) is 0 Å². The van der Waals surface area contributed by atoms with Gasteiger partial charge < -0.3 is 28.4 Å². The summed E-state index contributed by atoms with van der Waals surface area (Å²) in [6, 6.07) is 27.4. The molecule has 0 N–H and O–H groups in total. The zero-order chi connectivity index (χ0) is 36.5. The highest BCUT2D eigenvalue weighted by Crippen LogP contribution is 2.42. The first-order chi connectivity index (χ1) is 25.5. The molecule has 10 heteroatoms. The summed E-state index contributed by atoms with van der Waals surface area (Å²) >= 11 is 0. The Labute approximate surface area is 306 Å². The monoisotopic (exact) mass is 704 g/mol. The standard InChI is InChI=1S/C42H48N4O6/c1-47-36-22-32(23-37(48-2)41(36)51-5)35-21-30(14-18-43-35)26-45-19-15-34(16-20-45)46(27-29-11-8-7-9-12-29)28-31-13-10-17-44-40(31)33-24-38(49-3)42(52-6)39(25-33)50-4/h7-14,17-18,21-25,34H,15-16,19-20,26-28H2,1-6H3. The first kappa shape index (κ1) is 36.5. The zero-order valence-electron chi connectivity index (χ0n) is 30.9. The molecule has 0 radical (unpaired) electrons. The van der Waals surface area contributed by atoms with Crippen LogP contribution in [0.1, 0.15) is 29.5 Å². The largest absolute Gasteiger partial charge is 0.493 e. The smallest absolute Gasteiger partial charge is 0.203 e. The number of benzene rings is 3. The molecule has 1 aliphatic rings. The van der Waals surface area contributed by atoms with Crippen molar-refractivity contribution < 1.29 is 28.4 Å². The van der Waals surface area contributed by atoms with Gasteiger partial charge in [-0.05, 0) is 85.1 Å². The van der Waals surface area contributed by atoms with Gasteiger partial charge in [-0.1, -0.05) is 36.4 Å². The Morgan fingerprint density at radius 2 is 1.19 bits per heavy atom. The molecule has 5 aromatic rings. The lowest BCUT2D eigenvalue weighted by molar-refractivity contribution is 0.0933. The van der Waals surface area contributed by atoms with Crippen LogP contribution in [0.25, 0.3) is 22.5 Å². The second-order valence-electron chi connectivity index (χ2n) is 12.8. The number of rotatable bonds is 15. The number of pyridine rings is 2. The summed E-state index contributed by atoms with van der Waals surface area (Å²) in [6.07, 6.45) is 5.82. The van der Waals surface area contributed by atoms with Gasteiger partial charge in [0.25, 0.3) is 0 Å². The van der Waals surface area contributed by atoms with E-state index < -0.39 is 0 Å². The Morgan fingerprint density at radius 1 is 0.596 bits per heavy atom. The number of piperidine rings is 1. The Balaban J connectivity index is 1.20. The Morgan fingerprint density at radius 3 is 1.77 bits per heavy atom. The lowest BCUT2D eigenvalue weighted by atomic mass is 9.99. The van der Waals surface area contributed by atoms with Crippen LogP contribution in [0, 0.1) is 0 Å². The molecule has 0 saturated carbocycles. The van der Waals surface area contributed by atoms with Crippen LogP contribution in [0.4, 0.5) is 0 Å². The molecule has 0 amide bonds. The quantitative estimate of drug-likeness (QED) is 0.109. The summed E-state index contributed by atoms with van der Waals surface area (Å²) in [5.74, 6) is 3.54. The maximum atomic E-state index is 5.68. The van der Waals surface area contributed by atoms with E-state index in [0.29, 0.717) is 40.5 Å². The van der Waals surface area contributed by atoms with Crippen molar-refractivity contribution in [3.63, 3.8) is 0 Å². The van der Waals surface area contributed by atoms with Gasteiger partial charge in [-0.25, -0.2) is 0 Å². The number of hydrogen-bond acceptors (Lipinski definition) is 10. The Bertz CT molecular complexity index is 1880. The molecule has 272 valence electrons. The molecule has 1 fully saturated rings. The molecule has 1 saturated heterocycles. The molecule has 3 heterocycles. The van der Waals surface area contributed by atoms with Crippen LogP contribution in [0.5, 0.6) is 34.5 Å². The van der Waals surface area contributed by atoms with Crippen LogP contribution in [-0.2, 0) is 19.6 Å². The molecular weight excluding hydrogens is 656 g/mol. The molecule has 1 aliphatic heterocycles. The van der Waals surface area contributed by atoms with Gasteiger partial charge in [0.05, 0.1) is 54.0 Å². The third-order valence-electron chi connectivity index (χ3n) is 9.70. The van der Waals surface area contributed by atoms with E-state index >= 15 is 0 Å². The highest BCUT2D eigenvalue weighted by atomic mass is 16.5. The summed E-state index contributed by atoms with van der Waals surface area (Å²) < 4.78 is 33.6. The van der Waals surface area contributed by atoms with Crippen LogP contribution in [0.15, 0.2) is 91.3 Å². The number of aromatic nitrogens is 2. The summed E-state index contributed by atoms with van der Waals surface area (Å²) in [5, 5.41) is 0. The van der Waals surface area contributed by atoms with Crippen molar-refractivity contribution in [2.75, 3.05) is 55.7 Å². The minimum Gasteiger partial charge on any atom is -0.493 e. The predicted molar refractivity (Wildman–Crippen MR) is 203 cm³/mol. The molecule has 0 spiro atoms. The Hall–Kier alpha value is -5.32. The van der Waals surface area contributed by atoms with E-state index in [9.17, 15) is 0 Å². The average Bonchev–Trinajstić information content (AvgIpc) is 3.20. The highest BCUT2D eigenvalue weighted by Gasteiger charge is 2.27. The van der Waals surface area contributed by atoms with Gasteiger partial charge in [0.15, 0.2) is 23.0 Å². The third kappa shape index (κ3) is 8.25. The third-order valence-corrected chi connectivity index (χ3v) is 9.70. The van der Waals surface area contributed by atoms with Crippen LogP contribution in [0.3, 0.4) is 0 Å². The minimum absolute atomic E-state index is 0.400. The van der Waals surface area contributed by atoms with E-state index in [-0.39, 0.29) is 0 Å². The summed E-state index contributed by atoms with van der Waals surface area (Å²) in [5.41, 5.74) is 7.24. The second kappa shape index (κ2) is 17.3. The van der Waals surface area contributed by atoms with E-state index in [1.165, 1.54) is 11.1 Å². The average molecular weight is 705 g/mol. The van der Waals surface area contributed by atoms with Crippen molar-refractivity contribution in [1.82, 2.24) is 19.8 Å². The van der Waals surface area contributed by atoms with Crippen LogP contribution in [0.2, 0.25) is 0 Å². The molecule has 0 atom stereocenters. The van der Waals surface area contributed by atoms with E-state index in [0.717, 1.165) is 73.6 Å². The van der Waals surface area contributed by atoms with E-state index in [1.807, 2.05) is 42.7 Å². The number of likely N-dealkylation sites (tertiary alicyclic amines) is 1. The fourth-order valence-corrected chi connectivity index (χ4v) is 7.06. The normalized spacial score (nSPS) is 13.5. The number of ether oxygens (including phenoxy) is 6. The van der Waals surface area contributed by atoms with Crippen molar-refractivity contribution in [3.8, 4) is 57.0 Å². The van der Waals surface area contributed by atoms with Gasteiger partial charge >= 0.3 is 0 Å². The van der Waals surface area contributed by atoms with Crippen LogP contribution in [-0.4, -0.2) is 81.6 Å². The zero-order valence-corrected chi connectivity index (χ0v) is 30.9. The summed E-state index contributed by atoms with van der Waals surface area (Å²) in [4.78, 5) is 14.7. The summed E-state index contributed by atoms with van der Waals surface area (Å²) in [7, 11) is 9.75. The van der Waals surface area contributed by atoms with Crippen molar-refractivity contribution in [1.29, 1.82) is 0 Å². The lowest BCUT2D eigenvalue weighted by Gasteiger charge is -2.39. The Kier molecular flexibility index (Phi) is 12.1. The fraction of sp³-hybridized carbons (Fsp3) is 0.333. The van der Waals surface area contributed by atoms with Crippen molar-refractivity contribution in [2.24, 2.45) is 0 Å². The molecule has 0 unspecified atom stereocenters. The maximum Gasteiger partial charge on any atom is 0.203 e. The van der Waals surface area contributed by atoms with Gasteiger partial charge in [0, 0.05) is 49.2 Å². The van der Waals surface area contributed by atoms with E-state index in [1.54, 1.807) is 42.7 Å². The van der Waals surface area contributed by atoms with Crippen molar-refractivity contribution in [3.05, 3.63) is 108 Å². The fourth-order valence-electron chi connectivity index (χ4n) is 7.06. The first-order valence-electron chi connectivity index (χ1n) is 17.5. The molecule has 2 aromatic heterocycles. The predicted octanol–water partition coefficient (Wildman–Crippen LogP) is 7.53. The number of methoxy groups -OCH3 is 6. The first-order valence-corrected chi connectivity index (χ1v) is 17.5. The van der Waals surface area contributed by atoms with Gasteiger partial charge in [-0.3, -0.25) is 19.8 Å². The molecule has 3 aromatic carbocycles. The highest BCUT2D eigenvalue weighted by molar-refractivity contribution is 5.71. The topological polar surface area (TPSA) is 87.6 Å². The molecule has 0 bridgehead atoms. The second-order valence-corrected chi connectivity index (χ2v) is 12.8. The van der Waals surface area contributed by atoms with E-state index in [2.05, 4.69) is 63.3 Å². The number of nitrogens with zero attached hydrogens (tertiary/aromatic N) is 4. The van der Waals surface area contributed by atoms with Gasteiger partial charge in [-0.2, -0.15) is 0 Å². The SMILES string of the molecule is COc1cc(-c2cc(CN3CCC(N(Cc4ccccc4)Cc4cccnc4-c4cc(OC)c(OC)c(OC)c4)CC3)ccn2)cc(OC)c1OC. The molecular formula is C42H48N4O6. The molecule has 52 heavy (non-hydrogen) atoms. The van der Waals surface area contributed by atoms with E-state index in [4.69, 9.17) is 33.4 Å². The molecule has 10 nitrogen and oxygen atoms in total. The van der Waals surface area contributed by atoms with Gasteiger partial charge in [0.2, 0.25) is 11.5 Å². The van der Waals surface area contributed by atoms with Gasteiger partial charge in [-0.15, -0.1) is 0 Å². The van der Waals surface area contributed by atoms with Crippen molar-refractivity contribution >= 4 is 0 Å².